The fourth-order valence-electron chi connectivity index (χ4n) is 3.07. The van der Waals surface area contributed by atoms with Gasteiger partial charge in [0.25, 0.3) is 5.91 Å². The molecule has 0 bridgehead atoms. The molecule has 7 heteroatoms. The highest BCUT2D eigenvalue weighted by molar-refractivity contribution is 7.97. The van der Waals surface area contributed by atoms with Crippen LogP contribution in [0, 0.1) is 0 Å². The summed E-state index contributed by atoms with van der Waals surface area (Å²) in [7, 11) is 0. The Labute approximate surface area is 191 Å². The van der Waals surface area contributed by atoms with Gasteiger partial charge in [-0.05, 0) is 66.0 Å². The van der Waals surface area contributed by atoms with Gasteiger partial charge in [0.15, 0.2) is 0 Å². The Morgan fingerprint density at radius 2 is 1.66 bits per heavy atom. The Morgan fingerprint density at radius 3 is 2.41 bits per heavy atom. The third-order valence-corrected chi connectivity index (χ3v) is 5.60. The maximum absolute atomic E-state index is 12.7. The van der Waals surface area contributed by atoms with Crippen molar-refractivity contribution in [3.8, 4) is 11.3 Å². The Bertz CT molecular complexity index is 1210. The number of nitrogens with one attached hydrogen (secondary N) is 2. The Balaban J connectivity index is 1.37. The number of nitrogen functional groups attached to an aromatic ring is 2. The van der Waals surface area contributed by atoms with Gasteiger partial charge in [0, 0.05) is 28.3 Å². The van der Waals surface area contributed by atoms with Gasteiger partial charge in [-0.3, -0.25) is 9.52 Å². The van der Waals surface area contributed by atoms with Crippen LogP contribution in [-0.4, -0.2) is 10.9 Å². The molecule has 0 spiro atoms. The summed E-state index contributed by atoms with van der Waals surface area (Å²) < 4.78 is 3.34. The number of carbonyl (C=O) groups is 1. The number of aromatic nitrogens is 1. The van der Waals surface area contributed by atoms with Crippen molar-refractivity contribution in [1.82, 2.24) is 9.71 Å². The molecule has 0 saturated carbocycles. The normalized spacial score (nSPS) is 10.6. The number of pyridine rings is 1. The molecule has 4 aromatic rings. The molecule has 0 aliphatic rings. The molecule has 1 aromatic heterocycles. The van der Waals surface area contributed by atoms with Crippen LogP contribution in [-0.2, 0) is 6.54 Å². The highest BCUT2D eigenvalue weighted by Crippen LogP contribution is 2.23. The van der Waals surface area contributed by atoms with E-state index in [1.54, 1.807) is 36.2 Å². The molecule has 1 amide bonds. The minimum Gasteiger partial charge on any atom is -0.396 e. The Morgan fingerprint density at radius 1 is 0.875 bits per heavy atom. The first-order valence-electron chi connectivity index (χ1n) is 10.1. The summed E-state index contributed by atoms with van der Waals surface area (Å²) in [5, 5.41) is 2.93. The smallest absolute Gasteiger partial charge is 0.255 e. The molecule has 1 heterocycles. The first kappa shape index (κ1) is 21.4. The lowest BCUT2D eigenvalue weighted by molar-refractivity contribution is 0.102. The average molecular weight is 442 g/mol. The van der Waals surface area contributed by atoms with Gasteiger partial charge < -0.3 is 16.8 Å². The van der Waals surface area contributed by atoms with Crippen LogP contribution in [0.2, 0.25) is 0 Å². The lowest BCUT2D eigenvalue weighted by Crippen LogP contribution is -2.12. The summed E-state index contributed by atoms with van der Waals surface area (Å²) in [6, 6.07) is 28.7. The van der Waals surface area contributed by atoms with Gasteiger partial charge in [0.2, 0.25) is 0 Å². The van der Waals surface area contributed by atoms with Crippen molar-refractivity contribution in [1.29, 1.82) is 0 Å². The summed E-state index contributed by atoms with van der Waals surface area (Å²) in [5.74, 6) is 0.0754. The van der Waals surface area contributed by atoms with E-state index in [-0.39, 0.29) is 11.7 Å². The number of hydrogen-bond donors (Lipinski definition) is 4. The summed E-state index contributed by atoms with van der Waals surface area (Å²) in [6.07, 6.45) is 0. The van der Waals surface area contributed by atoms with E-state index in [0.717, 1.165) is 22.7 Å². The fourth-order valence-corrected chi connectivity index (χ4v) is 3.75. The van der Waals surface area contributed by atoms with Crippen LogP contribution in [0.4, 0.5) is 17.2 Å². The van der Waals surface area contributed by atoms with Crippen molar-refractivity contribution in [2.45, 2.75) is 11.4 Å². The minimum atomic E-state index is -0.196. The zero-order valence-corrected chi connectivity index (χ0v) is 18.1. The zero-order chi connectivity index (χ0) is 22.3. The number of amides is 1. The second-order valence-electron chi connectivity index (χ2n) is 7.14. The molecule has 0 aliphatic heterocycles. The molecular formula is C25H23N5OS. The van der Waals surface area contributed by atoms with Crippen molar-refractivity contribution >= 4 is 35.0 Å². The van der Waals surface area contributed by atoms with Crippen LogP contribution in [0.15, 0.2) is 95.9 Å². The monoisotopic (exact) mass is 441 g/mol. The van der Waals surface area contributed by atoms with Gasteiger partial charge >= 0.3 is 0 Å². The zero-order valence-electron chi connectivity index (χ0n) is 17.3. The summed E-state index contributed by atoms with van der Waals surface area (Å²) in [5.41, 5.74) is 15.9. The average Bonchev–Trinajstić information content (AvgIpc) is 2.83. The number of benzene rings is 3. The molecule has 0 atom stereocenters. The second kappa shape index (κ2) is 10.00. The standard InChI is InChI=1S/C25H23N5OS/c26-22-13-14-23(30-24(22)27)18-7-4-8-19(15-18)25(31)29-20-9-11-21(12-10-20)32-28-16-17-5-2-1-3-6-17/h1-15,28H,16,26H2,(H2,27,30)(H,29,31). The maximum Gasteiger partial charge on any atom is 0.255 e. The van der Waals surface area contributed by atoms with Crippen LogP contribution in [0.25, 0.3) is 11.3 Å². The molecule has 4 rings (SSSR count). The molecule has 6 N–H and O–H groups in total. The van der Waals surface area contributed by atoms with E-state index in [1.165, 1.54) is 5.56 Å². The van der Waals surface area contributed by atoms with Crippen LogP contribution >= 0.6 is 11.9 Å². The van der Waals surface area contributed by atoms with Crippen LogP contribution < -0.4 is 21.5 Å². The van der Waals surface area contributed by atoms with E-state index in [9.17, 15) is 4.79 Å². The number of carbonyl (C=O) groups excluding carboxylic acids is 1. The largest absolute Gasteiger partial charge is 0.396 e. The van der Waals surface area contributed by atoms with Gasteiger partial charge in [0.1, 0.15) is 5.82 Å². The molecule has 0 unspecified atom stereocenters. The van der Waals surface area contributed by atoms with Crippen LogP contribution in [0.1, 0.15) is 15.9 Å². The predicted molar refractivity (Wildman–Crippen MR) is 132 cm³/mol. The third kappa shape index (κ3) is 5.46. The molecule has 32 heavy (non-hydrogen) atoms. The molecule has 160 valence electrons. The van der Waals surface area contributed by atoms with Gasteiger partial charge in [-0.15, -0.1) is 0 Å². The number of anilines is 3. The molecule has 0 radical (unpaired) electrons. The number of nitrogens with zero attached hydrogens (tertiary/aromatic N) is 1. The number of hydrogen-bond acceptors (Lipinski definition) is 6. The topological polar surface area (TPSA) is 106 Å². The van der Waals surface area contributed by atoms with Crippen molar-refractivity contribution < 1.29 is 4.79 Å². The molecule has 0 saturated heterocycles. The van der Waals surface area contributed by atoms with Gasteiger partial charge in [0.05, 0.1) is 11.4 Å². The van der Waals surface area contributed by atoms with Crippen molar-refractivity contribution in [3.05, 3.63) is 102 Å². The minimum absolute atomic E-state index is 0.196. The van der Waals surface area contributed by atoms with Crippen molar-refractivity contribution in [2.75, 3.05) is 16.8 Å². The summed E-state index contributed by atoms with van der Waals surface area (Å²) >= 11 is 1.55. The van der Waals surface area contributed by atoms with Crippen LogP contribution in [0.3, 0.4) is 0 Å². The van der Waals surface area contributed by atoms with Crippen molar-refractivity contribution in [2.24, 2.45) is 0 Å². The predicted octanol–water partition coefficient (Wildman–Crippen LogP) is 4.96. The Kier molecular flexibility index (Phi) is 6.69. The van der Waals surface area contributed by atoms with E-state index in [2.05, 4.69) is 27.2 Å². The van der Waals surface area contributed by atoms with E-state index in [0.29, 0.717) is 16.9 Å². The lowest BCUT2D eigenvalue weighted by atomic mass is 10.1. The van der Waals surface area contributed by atoms with E-state index in [4.69, 9.17) is 11.5 Å². The Hall–Kier alpha value is -3.81. The number of rotatable bonds is 7. The third-order valence-electron chi connectivity index (χ3n) is 4.80. The van der Waals surface area contributed by atoms with Gasteiger partial charge in [-0.1, -0.05) is 42.5 Å². The molecular weight excluding hydrogens is 418 g/mol. The summed E-state index contributed by atoms with van der Waals surface area (Å²) in [6.45, 7) is 0.773. The highest BCUT2D eigenvalue weighted by Gasteiger charge is 2.09. The molecule has 3 aromatic carbocycles. The van der Waals surface area contributed by atoms with Crippen LogP contribution in [0.5, 0.6) is 0 Å². The molecule has 6 nitrogen and oxygen atoms in total. The fraction of sp³-hybridized carbons (Fsp3) is 0.0400. The maximum atomic E-state index is 12.7. The SMILES string of the molecule is Nc1ccc(-c2cccc(C(=O)Nc3ccc(SNCc4ccccc4)cc3)c2)nc1N. The van der Waals surface area contributed by atoms with E-state index < -0.39 is 0 Å². The second-order valence-corrected chi connectivity index (χ2v) is 8.10. The first-order valence-corrected chi connectivity index (χ1v) is 10.9. The molecule has 0 fully saturated rings. The number of nitrogens with two attached hydrogens (primary N) is 2. The van der Waals surface area contributed by atoms with Gasteiger partial charge in [-0.25, -0.2) is 4.98 Å². The van der Waals surface area contributed by atoms with Gasteiger partial charge in [-0.2, -0.15) is 0 Å². The summed E-state index contributed by atoms with van der Waals surface area (Å²) in [4.78, 5) is 18.1. The van der Waals surface area contributed by atoms with E-state index >= 15 is 0 Å². The highest BCUT2D eigenvalue weighted by atomic mass is 32.2. The first-order chi connectivity index (χ1) is 15.6. The lowest BCUT2D eigenvalue weighted by Gasteiger charge is -2.09. The molecule has 0 aliphatic carbocycles. The van der Waals surface area contributed by atoms with E-state index in [1.807, 2.05) is 54.6 Å². The van der Waals surface area contributed by atoms with Crippen molar-refractivity contribution in [3.63, 3.8) is 0 Å². The quantitative estimate of drug-likeness (QED) is 0.302.